The quantitative estimate of drug-likeness (QED) is 0.116. The number of benzene rings is 6. The third kappa shape index (κ3) is 8.57. The first kappa shape index (κ1) is 27.1. The van der Waals surface area contributed by atoms with E-state index in [2.05, 4.69) is 15.0 Å². The molecule has 64 heavy (non-hydrogen) atoms. The van der Waals surface area contributed by atoms with Crippen molar-refractivity contribution in [2.24, 2.45) is 0 Å². The van der Waals surface area contributed by atoms with Gasteiger partial charge in [0.2, 0.25) is 0 Å². The van der Waals surface area contributed by atoms with E-state index in [1.165, 1.54) is 30.6 Å². The number of furan rings is 1. The van der Waals surface area contributed by atoms with E-state index in [0.29, 0.717) is 27.9 Å². The molecule has 0 aliphatic rings. The Balaban J connectivity index is 1.04. The first-order chi connectivity index (χ1) is 37.0. The number of aromatic nitrogens is 3. The third-order valence-electron chi connectivity index (χ3n) is 10.6. The highest BCUT2D eigenvalue weighted by Crippen LogP contribution is 2.41. The molecule has 10 aromatic rings. The van der Waals surface area contributed by atoms with Gasteiger partial charge in [0, 0.05) is 74.2 Å². The van der Waals surface area contributed by atoms with Gasteiger partial charge in [-0.05, 0) is 102 Å². The van der Waals surface area contributed by atoms with E-state index in [4.69, 9.17) is 12.6 Å². The SMILES string of the molecule is [2H]c1cc2c(oc3c(-c4cc(F)c(C([2H])([2H])C([2H])([2H])c5cc(C([2H])([2H])Cc6ccc(-c7ccccc7)nc6)cc(C([2H])([2H])Cc6ccc(-c7ccccc7)nc6)c5)cn4)cccc32)c(-c2c([2H])c([2H])c([2H])c([2H])c2[2H])c1C#N. The van der Waals surface area contributed by atoms with Gasteiger partial charge >= 0.3 is 0 Å². The van der Waals surface area contributed by atoms with E-state index in [1.807, 2.05) is 66.7 Å². The number of halogens is 1. The van der Waals surface area contributed by atoms with Gasteiger partial charge in [-0.15, -0.1) is 0 Å². The highest BCUT2D eigenvalue weighted by Gasteiger charge is 2.20. The highest BCUT2D eigenvalue weighted by atomic mass is 19.1. The average molecular weight is 845 g/mol. The van der Waals surface area contributed by atoms with Crippen LogP contribution in [0.2, 0.25) is 0 Å². The van der Waals surface area contributed by atoms with Crippen LogP contribution >= 0.6 is 0 Å². The summed E-state index contributed by atoms with van der Waals surface area (Å²) in [6.45, 7) is 0. The van der Waals surface area contributed by atoms with E-state index < -0.39 is 72.6 Å². The molecule has 0 spiro atoms. The van der Waals surface area contributed by atoms with E-state index in [-0.39, 0.29) is 74.5 Å². The summed E-state index contributed by atoms with van der Waals surface area (Å²) in [5.41, 5.74) is 1.39. The minimum Gasteiger partial charge on any atom is -0.455 e. The lowest BCUT2D eigenvalue weighted by atomic mass is 9.94. The Hall–Kier alpha value is -8.01. The second-order valence-corrected chi connectivity index (χ2v) is 14.8. The van der Waals surface area contributed by atoms with Crippen molar-refractivity contribution in [2.75, 3.05) is 0 Å². The molecule has 0 amide bonds. The lowest BCUT2D eigenvalue weighted by molar-refractivity contribution is 0.606. The summed E-state index contributed by atoms with van der Waals surface area (Å²) < 4.78 is 149. The molecule has 0 saturated heterocycles. The summed E-state index contributed by atoms with van der Waals surface area (Å²) in [5, 5.41) is 10.8. The summed E-state index contributed by atoms with van der Waals surface area (Å²) in [4.78, 5) is 13.5. The molecule has 4 heterocycles. The van der Waals surface area contributed by atoms with Crippen LogP contribution in [0.25, 0.3) is 66.8 Å². The van der Waals surface area contributed by atoms with E-state index in [9.17, 15) is 16.2 Å². The Kier molecular flexibility index (Phi) is 7.69. The van der Waals surface area contributed by atoms with Gasteiger partial charge in [0.1, 0.15) is 17.0 Å². The van der Waals surface area contributed by atoms with Crippen molar-refractivity contribution in [1.29, 1.82) is 5.26 Å². The minimum absolute atomic E-state index is 0.0346. The van der Waals surface area contributed by atoms with Crippen molar-refractivity contribution in [1.82, 2.24) is 15.0 Å². The lowest BCUT2D eigenvalue weighted by Gasteiger charge is -2.12. The van der Waals surface area contributed by atoms with Gasteiger partial charge in [0.15, 0.2) is 0 Å². The molecular formula is C58H43FN4O. The summed E-state index contributed by atoms with van der Waals surface area (Å²) >= 11 is 0. The molecule has 0 atom stereocenters. The maximum atomic E-state index is 16.8. The highest BCUT2D eigenvalue weighted by molar-refractivity contribution is 6.13. The van der Waals surface area contributed by atoms with Crippen molar-refractivity contribution in [2.45, 2.75) is 38.3 Å². The summed E-state index contributed by atoms with van der Waals surface area (Å²) in [5.74, 6) is -1.23. The fraction of sp³-hybridized carbons (Fsp3) is 0.103. The minimum atomic E-state index is -3.26. The summed E-state index contributed by atoms with van der Waals surface area (Å²) in [6.07, 6.45) is -7.72. The Morgan fingerprint density at radius 1 is 0.531 bits per heavy atom. The van der Waals surface area contributed by atoms with Crippen LogP contribution < -0.4 is 0 Å². The molecule has 6 aromatic carbocycles. The monoisotopic (exact) mass is 844 g/mol. The first-order valence-electron chi connectivity index (χ1n) is 27.3. The van der Waals surface area contributed by atoms with Gasteiger partial charge in [0.05, 0.1) is 36.9 Å². The van der Waals surface area contributed by atoms with Gasteiger partial charge in [-0.25, -0.2) is 4.39 Å². The second-order valence-electron chi connectivity index (χ2n) is 14.8. The zero-order valence-corrected chi connectivity index (χ0v) is 33.9. The standard InChI is InChI=1S/C58H43FN4O/c59-52-34-55(51-18-10-17-49-50-28-27-47(35-60)56(58(50)64-57(49)51)46-15-8-3-9-16-46)63-38-48(52)26-23-43-32-41(21-19-39-24-29-53(61-36-39)44-11-4-1-5-12-44)31-42(33-43)22-20-40-25-30-54(62-37-40)45-13-6-2-7-14-45/h1-18,24-25,27-34,36-38H,19-23,26H2/i3D,8D,9D,15D,16D,21D2,22D2,23D2,26D2,27D. The van der Waals surface area contributed by atoms with E-state index in [1.54, 1.807) is 36.4 Å². The molecule has 5 nitrogen and oxygen atoms in total. The van der Waals surface area contributed by atoms with Gasteiger partial charge in [0.25, 0.3) is 0 Å². The molecule has 0 aliphatic heterocycles. The van der Waals surface area contributed by atoms with E-state index in [0.717, 1.165) is 35.5 Å². The number of fused-ring (bicyclic) bond motifs is 3. The number of hydrogen-bond acceptors (Lipinski definition) is 5. The second kappa shape index (κ2) is 18.1. The lowest BCUT2D eigenvalue weighted by Crippen LogP contribution is -2.02. The fourth-order valence-corrected chi connectivity index (χ4v) is 7.44. The van der Waals surface area contributed by atoms with Crippen molar-refractivity contribution >= 4 is 21.9 Å². The van der Waals surface area contributed by atoms with Crippen LogP contribution in [-0.2, 0) is 38.3 Å². The zero-order chi connectivity index (χ0) is 55.6. The topological polar surface area (TPSA) is 75.6 Å². The molecule has 0 N–H and O–H groups in total. The largest absolute Gasteiger partial charge is 0.455 e. The number of aryl methyl sites for hydroxylation is 6. The molecule has 0 unspecified atom stereocenters. The number of rotatable bonds is 13. The summed E-state index contributed by atoms with van der Waals surface area (Å²) in [7, 11) is 0. The molecule has 0 bridgehead atoms. The third-order valence-corrected chi connectivity index (χ3v) is 10.6. The number of hydrogen-bond donors (Lipinski definition) is 0. The van der Waals surface area contributed by atoms with Crippen molar-refractivity contribution in [3.8, 4) is 51.0 Å². The van der Waals surface area contributed by atoms with Crippen LogP contribution in [-0.4, -0.2) is 15.0 Å². The van der Waals surface area contributed by atoms with Crippen LogP contribution in [0.1, 0.15) is 58.1 Å². The van der Waals surface area contributed by atoms with Crippen LogP contribution in [0.4, 0.5) is 4.39 Å². The number of pyridine rings is 3. The molecule has 4 aromatic heterocycles. The molecule has 10 rings (SSSR count). The van der Waals surface area contributed by atoms with E-state index >= 15 is 4.39 Å². The van der Waals surface area contributed by atoms with Crippen LogP contribution in [0.15, 0.2) is 193 Å². The molecule has 308 valence electrons. The average Bonchev–Trinajstić information content (AvgIpc) is 3.93. The maximum Gasteiger partial charge on any atom is 0.144 e. The first-order valence-corrected chi connectivity index (χ1v) is 20.3. The van der Waals surface area contributed by atoms with Crippen molar-refractivity contribution in [3.05, 3.63) is 233 Å². The van der Waals surface area contributed by atoms with Crippen LogP contribution in [0.5, 0.6) is 0 Å². The van der Waals surface area contributed by atoms with Crippen LogP contribution in [0, 0.1) is 17.1 Å². The molecule has 0 aliphatic carbocycles. The van der Waals surface area contributed by atoms with Crippen molar-refractivity contribution < 1.29 is 28.0 Å². The van der Waals surface area contributed by atoms with Gasteiger partial charge < -0.3 is 4.42 Å². The molecule has 0 fully saturated rings. The number of para-hydroxylation sites is 1. The smallest absolute Gasteiger partial charge is 0.144 e. The Labute approximate surface area is 391 Å². The molecular weight excluding hydrogens is 788 g/mol. The Bertz CT molecular complexity index is 3870. The fourth-order valence-electron chi connectivity index (χ4n) is 7.44. The number of nitriles is 1. The maximum absolute atomic E-state index is 16.8. The van der Waals surface area contributed by atoms with Gasteiger partial charge in [-0.1, -0.05) is 133 Å². The Morgan fingerprint density at radius 2 is 1.12 bits per heavy atom. The van der Waals surface area contributed by atoms with Crippen LogP contribution in [0.3, 0.4) is 0 Å². The molecule has 6 heteroatoms. The summed E-state index contributed by atoms with van der Waals surface area (Å²) in [6, 6.07) is 34.5. The van der Waals surface area contributed by atoms with Crippen molar-refractivity contribution in [3.63, 3.8) is 0 Å². The van der Waals surface area contributed by atoms with Gasteiger partial charge in [-0.2, -0.15) is 5.26 Å². The predicted molar refractivity (Wildman–Crippen MR) is 255 cm³/mol. The normalized spacial score (nSPS) is 15.3. The number of nitrogens with zero attached hydrogens (tertiary/aromatic N) is 4. The predicted octanol–water partition coefficient (Wildman–Crippen LogP) is 13.8. The Morgan fingerprint density at radius 3 is 1.70 bits per heavy atom. The molecule has 0 radical (unpaired) electrons. The molecule has 0 saturated carbocycles. The zero-order valence-electron chi connectivity index (χ0n) is 47.9. The van der Waals surface area contributed by atoms with Gasteiger partial charge in [-0.3, -0.25) is 15.0 Å².